The molecule has 1 aliphatic heterocycles. The molecule has 0 spiro atoms. The van der Waals surface area contributed by atoms with Gasteiger partial charge in [-0.2, -0.15) is 0 Å². The highest BCUT2D eigenvalue weighted by Crippen LogP contribution is 2.37. The average Bonchev–Trinajstić information content (AvgIpc) is 2.86. The van der Waals surface area contributed by atoms with Crippen LogP contribution in [-0.2, 0) is 16.1 Å². The molecule has 2 aromatic rings. The van der Waals surface area contributed by atoms with E-state index >= 15 is 0 Å². The molecule has 1 heterocycles. The van der Waals surface area contributed by atoms with Gasteiger partial charge in [0, 0.05) is 64.2 Å². The molecule has 0 N–H and O–H groups in total. The minimum atomic E-state index is -2.66. The zero-order valence-corrected chi connectivity index (χ0v) is 20.2. The lowest BCUT2D eigenvalue weighted by Gasteiger charge is -2.41. The van der Waals surface area contributed by atoms with Crippen LogP contribution in [0.1, 0.15) is 44.1 Å². The van der Waals surface area contributed by atoms with Crippen molar-refractivity contribution >= 4 is 11.8 Å². The van der Waals surface area contributed by atoms with E-state index in [-0.39, 0.29) is 61.9 Å². The van der Waals surface area contributed by atoms with Gasteiger partial charge in [0.25, 0.3) is 0 Å². The number of hydrogen-bond acceptors (Lipinski definition) is 3. The second kappa shape index (κ2) is 11.2. The number of piperidine rings is 1. The standard InChI is InChI=1S/C28H34F2N2O3/c1-31(19-21-8-4-2-5-9-21)26(33)18-23-20-32(27(34)22-12-15-28(29,30)16-13-22)17-14-25(23)35-24-10-6-3-7-11-24/h2-11,22-23,25H,12-20H2,1H3/t23-,25-/m0/s1. The number of ether oxygens (including phenoxy) is 1. The van der Waals surface area contributed by atoms with Crippen molar-refractivity contribution in [3.8, 4) is 5.75 Å². The maximum Gasteiger partial charge on any atom is 0.248 e. The summed E-state index contributed by atoms with van der Waals surface area (Å²) in [6, 6.07) is 19.3. The number of rotatable bonds is 7. The molecule has 2 amide bonds. The third-order valence-corrected chi connectivity index (χ3v) is 7.20. The Hall–Kier alpha value is -2.96. The van der Waals surface area contributed by atoms with Crippen LogP contribution in [0.25, 0.3) is 0 Å². The monoisotopic (exact) mass is 484 g/mol. The van der Waals surface area contributed by atoms with Crippen LogP contribution in [-0.4, -0.2) is 53.8 Å². The Morgan fingerprint density at radius 3 is 2.29 bits per heavy atom. The number of carbonyl (C=O) groups is 2. The second-order valence-electron chi connectivity index (χ2n) is 9.87. The predicted molar refractivity (Wildman–Crippen MR) is 130 cm³/mol. The molecule has 7 heteroatoms. The quantitative estimate of drug-likeness (QED) is 0.546. The van der Waals surface area contributed by atoms with E-state index in [0.29, 0.717) is 26.1 Å². The normalized spacial score (nSPS) is 22.4. The molecule has 0 aromatic heterocycles. The van der Waals surface area contributed by atoms with Crippen molar-refractivity contribution in [2.75, 3.05) is 20.1 Å². The summed E-state index contributed by atoms with van der Waals surface area (Å²) in [4.78, 5) is 29.8. The molecule has 35 heavy (non-hydrogen) atoms. The molecule has 0 unspecified atom stereocenters. The molecule has 0 bridgehead atoms. The lowest BCUT2D eigenvalue weighted by molar-refractivity contribution is -0.145. The number of alkyl halides is 2. The van der Waals surface area contributed by atoms with Crippen LogP contribution in [0.2, 0.25) is 0 Å². The van der Waals surface area contributed by atoms with Crippen molar-refractivity contribution < 1.29 is 23.1 Å². The molecule has 2 fully saturated rings. The Kier molecular flexibility index (Phi) is 8.04. The molecule has 0 radical (unpaired) electrons. The van der Waals surface area contributed by atoms with E-state index in [1.165, 1.54) is 0 Å². The molecule has 2 aromatic carbocycles. The number of benzene rings is 2. The van der Waals surface area contributed by atoms with E-state index in [2.05, 4.69) is 0 Å². The molecule has 1 aliphatic carbocycles. The predicted octanol–water partition coefficient (Wildman–Crippen LogP) is 5.16. The highest BCUT2D eigenvalue weighted by molar-refractivity contribution is 5.79. The van der Waals surface area contributed by atoms with Crippen molar-refractivity contribution in [2.45, 2.75) is 57.1 Å². The Morgan fingerprint density at radius 1 is 1.00 bits per heavy atom. The van der Waals surface area contributed by atoms with E-state index in [1.54, 1.807) is 16.8 Å². The van der Waals surface area contributed by atoms with E-state index in [1.807, 2.05) is 60.7 Å². The second-order valence-corrected chi connectivity index (χ2v) is 9.87. The van der Waals surface area contributed by atoms with Gasteiger partial charge in [-0.1, -0.05) is 48.5 Å². The molecule has 5 nitrogen and oxygen atoms in total. The van der Waals surface area contributed by atoms with Crippen molar-refractivity contribution in [3.63, 3.8) is 0 Å². The molecule has 4 rings (SSSR count). The first-order valence-electron chi connectivity index (χ1n) is 12.5. The maximum atomic E-state index is 13.6. The van der Waals surface area contributed by atoms with Gasteiger partial charge in [-0.15, -0.1) is 0 Å². The summed E-state index contributed by atoms with van der Waals surface area (Å²) < 4.78 is 33.5. The molecule has 2 aliphatic rings. The molecular weight excluding hydrogens is 450 g/mol. The number of halogens is 2. The number of para-hydroxylation sites is 1. The number of nitrogens with zero attached hydrogens (tertiary/aromatic N) is 2. The largest absolute Gasteiger partial charge is 0.490 e. The van der Waals surface area contributed by atoms with Gasteiger partial charge in [0.15, 0.2) is 0 Å². The molecule has 1 saturated heterocycles. The third kappa shape index (κ3) is 6.80. The smallest absolute Gasteiger partial charge is 0.248 e. The summed E-state index contributed by atoms with van der Waals surface area (Å²) in [7, 11) is 1.79. The average molecular weight is 485 g/mol. The first-order chi connectivity index (χ1) is 16.8. The Bertz CT molecular complexity index is 976. The summed E-state index contributed by atoms with van der Waals surface area (Å²) >= 11 is 0. The van der Waals surface area contributed by atoms with Crippen molar-refractivity contribution in [1.82, 2.24) is 9.80 Å². The fraction of sp³-hybridized carbons (Fsp3) is 0.500. The lowest BCUT2D eigenvalue weighted by atomic mass is 9.84. The Morgan fingerprint density at radius 2 is 1.63 bits per heavy atom. The number of likely N-dealkylation sites (tertiary alicyclic amines) is 1. The van der Waals surface area contributed by atoms with Gasteiger partial charge in [0.05, 0.1) is 0 Å². The molecule has 2 atom stereocenters. The minimum Gasteiger partial charge on any atom is -0.490 e. The SMILES string of the molecule is CN(Cc1ccccc1)C(=O)C[C@H]1CN(C(=O)C2CCC(F)(F)CC2)CC[C@@H]1Oc1ccccc1. The van der Waals surface area contributed by atoms with Crippen molar-refractivity contribution in [3.05, 3.63) is 66.2 Å². The zero-order valence-electron chi connectivity index (χ0n) is 20.2. The van der Waals surface area contributed by atoms with Crippen LogP contribution in [0.15, 0.2) is 60.7 Å². The molecule has 188 valence electrons. The fourth-order valence-electron chi connectivity index (χ4n) is 5.11. The van der Waals surface area contributed by atoms with Crippen LogP contribution in [0.3, 0.4) is 0 Å². The topological polar surface area (TPSA) is 49.9 Å². The van der Waals surface area contributed by atoms with Crippen LogP contribution in [0.5, 0.6) is 5.75 Å². The van der Waals surface area contributed by atoms with E-state index in [4.69, 9.17) is 4.74 Å². The summed E-state index contributed by atoms with van der Waals surface area (Å²) in [5.41, 5.74) is 1.05. The van der Waals surface area contributed by atoms with Crippen molar-refractivity contribution in [1.29, 1.82) is 0 Å². The van der Waals surface area contributed by atoms with E-state index < -0.39 is 5.92 Å². The summed E-state index contributed by atoms with van der Waals surface area (Å²) in [5, 5.41) is 0. The van der Waals surface area contributed by atoms with E-state index in [9.17, 15) is 18.4 Å². The molecular formula is C28H34F2N2O3. The number of amides is 2. The maximum absolute atomic E-state index is 13.6. The van der Waals surface area contributed by atoms with Crippen LogP contribution in [0.4, 0.5) is 8.78 Å². The third-order valence-electron chi connectivity index (χ3n) is 7.20. The summed E-state index contributed by atoms with van der Waals surface area (Å²) in [6.45, 7) is 1.41. The first-order valence-corrected chi connectivity index (χ1v) is 12.5. The van der Waals surface area contributed by atoms with Crippen molar-refractivity contribution in [2.24, 2.45) is 11.8 Å². The van der Waals surface area contributed by atoms with Crippen LogP contribution < -0.4 is 4.74 Å². The van der Waals surface area contributed by atoms with Gasteiger partial charge in [-0.25, -0.2) is 8.78 Å². The number of hydrogen-bond donors (Lipinski definition) is 0. The summed E-state index contributed by atoms with van der Waals surface area (Å²) in [6.07, 6.45) is 0.626. The number of carbonyl (C=O) groups excluding carboxylic acids is 2. The first kappa shape index (κ1) is 25.1. The zero-order chi connectivity index (χ0) is 24.8. The Balaban J connectivity index is 1.43. The van der Waals surface area contributed by atoms with Crippen LogP contribution in [0, 0.1) is 11.8 Å². The van der Waals surface area contributed by atoms with Gasteiger partial charge in [-0.05, 0) is 30.5 Å². The van der Waals surface area contributed by atoms with Gasteiger partial charge in [0.2, 0.25) is 17.7 Å². The van der Waals surface area contributed by atoms with Gasteiger partial charge < -0.3 is 14.5 Å². The molecule has 1 saturated carbocycles. The minimum absolute atomic E-state index is 0.00729. The van der Waals surface area contributed by atoms with Gasteiger partial charge in [-0.3, -0.25) is 9.59 Å². The Labute approximate surface area is 206 Å². The van der Waals surface area contributed by atoms with Crippen LogP contribution >= 0.6 is 0 Å². The fourth-order valence-corrected chi connectivity index (χ4v) is 5.11. The van der Waals surface area contributed by atoms with E-state index in [0.717, 1.165) is 11.3 Å². The van der Waals surface area contributed by atoms with Gasteiger partial charge >= 0.3 is 0 Å². The lowest BCUT2D eigenvalue weighted by Crippen LogP contribution is -2.51. The highest BCUT2D eigenvalue weighted by Gasteiger charge is 2.41. The van der Waals surface area contributed by atoms with Gasteiger partial charge in [0.1, 0.15) is 11.9 Å². The highest BCUT2D eigenvalue weighted by atomic mass is 19.3. The summed E-state index contributed by atoms with van der Waals surface area (Å²) in [5.74, 6) is -2.53.